The highest BCUT2D eigenvalue weighted by atomic mass is 16.5. The van der Waals surface area contributed by atoms with Crippen LogP contribution in [0.4, 0.5) is 0 Å². The van der Waals surface area contributed by atoms with E-state index in [0.717, 1.165) is 32.6 Å². The van der Waals surface area contributed by atoms with Crippen molar-refractivity contribution < 1.29 is 4.74 Å². The molecule has 0 bridgehead atoms. The van der Waals surface area contributed by atoms with E-state index in [1.165, 1.54) is 16.7 Å². The van der Waals surface area contributed by atoms with Crippen molar-refractivity contribution in [3.63, 3.8) is 0 Å². The molecule has 1 aromatic rings. The van der Waals surface area contributed by atoms with Gasteiger partial charge in [0.25, 0.3) is 0 Å². The monoisotopic (exact) mass is 262 g/mol. The van der Waals surface area contributed by atoms with Crippen molar-refractivity contribution in [3.8, 4) is 0 Å². The van der Waals surface area contributed by atoms with Crippen LogP contribution >= 0.6 is 0 Å². The largest absolute Gasteiger partial charge is 0.381 e. The molecule has 1 heterocycles. The number of nitrogens with zero attached hydrogens (tertiary/aromatic N) is 1. The minimum atomic E-state index is 0.0905. The average Bonchev–Trinajstić information content (AvgIpc) is 2.42. The van der Waals surface area contributed by atoms with E-state index in [1.54, 1.807) is 0 Å². The molecule has 1 aliphatic rings. The summed E-state index contributed by atoms with van der Waals surface area (Å²) < 4.78 is 5.42. The third-order valence-corrected chi connectivity index (χ3v) is 4.13. The number of nitrogens with two attached hydrogens (primary N) is 1. The first kappa shape index (κ1) is 14.5. The molecule has 3 heteroatoms. The van der Waals surface area contributed by atoms with Crippen LogP contribution in [0.1, 0.15) is 35.6 Å². The second-order valence-electron chi connectivity index (χ2n) is 5.75. The van der Waals surface area contributed by atoms with Crippen molar-refractivity contribution in [2.24, 2.45) is 5.73 Å². The predicted octanol–water partition coefficient (Wildman–Crippen LogP) is 2.41. The Bertz CT molecular complexity index is 413. The Balaban J connectivity index is 1.99. The van der Waals surface area contributed by atoms with Gasteiger partial charge in [-0.15, -0.1) is 0 Å². The normalized spacial score (nSPS) is 18.8. The first-order chi connectivity index (χ1) is 9.08. The molecule has 1 unspecified atom stereocenters. The van der Waals surface area contributed by atoms with Gasteiger partial charge in [-0.25, -0.2) is 0 Å². The first-order valence-electron chi connectivity index (χ1n) is 7.18. The molecule has 1 saturated heterocycles. The first-order valence-corrected chi connectivity index (χ1v) is 7.18. The molecule has 106 valence electrons. The molecule has 0 saturated carbocycles. The minimum Gasteiger partial charge on any atom is -0.381 e. The van der Waals surface area contributed by atoms with Gasteiger partial charge in [-0.05, 0) is 44.9 Å². The van der Waals surface area contributed by atoms with E-state index < -0.39 is 0 Å². The zero-order chi connectivity index (χ0) is 13.8. The van der Waals surface area contributed by atoms with Gasteiger partial charge >= 0.3 is 0 Å². The summed E-state index contributed by atoms with van der Waals surface area (Å²) in [6, 6.07) is 7.24. The third kappa shape index (κ3) is 3.78. The van der Waals surface area contributed by atoms with Crippen LogP contribution in [0.25, 0.3) is 0 Å². The lowest BCUT2D eigenvalue weighted by molar-refractivity contribution is 0.0413. The number of likely N-dealkylation sites (N-methyl/N-ethyl adjacent to an activating group) is 1. The molecule has 1 fully saturated rings. The lowest BCUT2D eigenvalue weighted by atomic mass is 9.98. The molecule has 0 amide bonds. The van der Waals surface area contributed by atoms with Crippen molar-refractivity contribution >= 4 is 0 Å². The van der Waals surface area contributed by atoms with E-state index >= 15 is 0 Å². The molecule has 1 atom stereocenters. The van der Waals surface area contributed by atoms with Gasteiger partial charge in [-0.3, -0.25) is 0 Å². The van der Waals surface area contributed by atoms with Gasteiger partial charge < -0.3 is 15.4 Å². The maximum absolute atomic E-state index is 6.40. The summed E-state index contributed by atoms with van der Waals surface area (Å²) in [5.41, 5.74) is 10.2. The van der Waals surface area contributed by atoms with Crippen LogP contribution < -0.4 is 5.73 Å². The molecule has 2 rings (SSSR count). The van der Waals surface area contributed by atoms with E-state index in [0.29, 0.717) is 6.04 Å². The Kier molecular flexibility index (Phi) is 4.97. The molecule has 0 radical (unpaired) electrons. The van der Waals surface area contributed by atoms with Gasteiger partial charge in [0.15, 0.2) is 0 Å². The summed E-state index contributed by atoms with van der Waals surface area (Å²) in [5, 5.41) is 0. The van der Waals surface area contributed by atoms with Crippen molar-refractivity contribution in [1.82, 2.24) is 4.90 Å². The van der Waals surface area contributed by atoms with Crippen LogP contribution in [-0.4, -0.2) is 37.7 Å². The number of ether oxygens (including phenoxy) is 1. The van der Waals surface area contributed by atoms with Gasteiger partial charge in [0, 0.05) is 31.8 Å². The quantitative estimate of drug-likeness (QED) is 0.905. The van der Waals surface area contributed by atoms with Crippen molar-refractivity contribution in [2.75, 3.05) is 26.8 Å². The summed E-state index contributed by atoms with van der Waals surface area (Å²) in [7, 11) is 2.18. The standard InChI is InChI=1S/C16H26N2O/c1-12-4-5-13(2)15(10-12)16(17)11-18(3)14-6-8-19-9-7-14/h4-5,10,14,16H,6-9,11,17H2,1-3H3. The number of benzene rings is 1. The zero-order valence-corrected chi connectivity index (χ0v) is 12.4. The summed E-state index contributed by atoms with van der Waals surface area (Å²) >= 11 is 0. The molecule has 1 aromatic carbocycles. The van der Waals surface area contributed by atoms with Gasteiger partial charge in [0.1, 0.15) is 0 Å². The van der Waals surface area contributed by atoms with Crippen molar-refractivity contribution in [3.05, 3.63) is 34.9 Å². The number of hydrogen-bond acceptors (Lipinski definition) is 3. The average molecular weight is 262 g/mol. The van der Waals surface area contributed by atoms with E-state index in [2.05, 4.69) is 44.0 Å². The van der Waals surface area contributed by atoms with Crippen molar-refractivity contribution in [1.29, 1.82) is 0 Å². The number of hydrogen-bond donors (Lipinski definition) is 1. The highest BCUT2D eigenvalue weighted by Gasteiger charge is 2.21. The van der Waals surface area contributed by atoms with Gasteiger partial charge in [-0.1, -0.05) is 23.8 Å². The van der Waals surface area contributed by atoms with Gasteiger partial charge in [0.05, 0.1) is 0 Å². The molecular formula is C16H26N2O. The van der Waals surface area contributed by atoms with Crippen LogP contribution in [-0.2, 0) is 4.74 Å². The second kappa shape index (κ2) is 6.51. The van der Waals surface area contributed by atoms with E-state index in [9.17, 15) is 0 Å². The zero-order valence-electron chi connectivity index (χ0n) is 12.4. The maximum atomic E-state index is 6.40. The summed E-state index contributed by atoms with van der Waals surface area (Å²) in [5.74, 6) is 0. The lowest BCUT2D eigenvalue weighted by Gasteiger charge is -2.33. The van der Waals surface area contributed by atoms with Gasteiger partial charge in [0.2, 0.25) is 0 Å². The fourth-order valence-electron chi connectivity index (χ4n) is 2.84. The molecule has 2 N–H and O–H groups in total. The molecule has 0 spiro atoms. The number of rotatable bonds is 4. The van der Waals surface area contributed by atoms with Crippen LogP contribution in [0.2, 0.25) is 0 Å². The van der Waals surface area contributed by atoms with E-state index in [4.69, 9.17) is 10.5 Å². The fraction of sp³-hybridized carbons (Fsp3) is 0.625. The Labute approximate surface area is 116 Å². The summed E-state index contributed by atoms with van der Waals surface area (Å²) in [6.07, 6.45) is 2.24. The van der Waals surface area contributed by atoms with Crippen LogP contribution in [0.3, 0.4) is 0 Å². The number of aryl methyl sites for hydroxylation is 2. The predicted molar refractivity (Wildman–Crippen MR) is 79.3 cm³/mol. The minimum absolute atomic E-state index is 0.0905. The third-order valence-electron chi connectivity index (χ3n) is 4.13. The SMILES string of the molecule is Cc1ccc(C)c(C(N)CN(C)C2CCOCC2)c1. The highest BCUT2D eigenvalue weighted by molar-refractivity contribution is 5.33. The molecule has 0 aromatic heterocycles. The summed E-state index contributed by atoms with van der Waals surface area (Å²) in [4.78, 5) is 2.40. The Hall–Kier alpha value is -0.900. The maximum Gasteiger partial charge on any atom is 0.0480 e. The molecule has 3 nitrogen and oxygen atoms in total. The molecule has 0 aliphatic carbocycles. The molecule has 19 heavy (non-hydrogen) atoms. The van der Waals surface area contributed by atoms with E-state index in [1.807, 2.05) is 0 Å². The molecular weight excluding hydrogens is 236 g/mol. The smallest absolute Gasteiger partial charge is 0.0480 e. The lowest BCUT2D eigenvalue weighted by Crippen LogP contribution is -2.40. The molecule has 1 aliphatic heterocycles. The van der Waals surface area contributed by atoms with Crippen LogP contribution in [0, 0.1) is 13.8 Å². The van der Waals surface area contributed by atoms with Crippen molar-refractivity contribution in [2.45, 2.75) is 38.8 Å². The topological polar surface area (TPSA) is 38.5 Å². The van der Waals surface area contributed by atoms with E-state index in [-0.39, 0.29) is 6.04 Å². The Morgan fingerprint density at radius 2 is 2.00 bits per heavy atom. The van der Waals surface area contributed by atoms with Gasteiger partial charge in [-0.2, -0.15) is 0 Å². The summed E-state index contributed by atoms with van der Waals surface area (Å²) in [6.45, 7) is 6.94. The Morgan fingerprint density at radius 1 is 1.32 bits per heavy atom. The Morgan fingerprint density at radius 3 is 2.68 bits per heavy atom. The van der Waals surface area contributed by atoms with Crippen LogP contribution in [0.5, 0.6) is 0 Å². The fourth-order valence-corrected chi connectivity index (χ4v) is 2.84. The second-order valence-corrected chi connectivity index (χ2v) is 5.75. The van der Waals surface area contributed by atoms with Crippen LogP contribution in [0.15, 0.2) is 18.2 Å². The highest BCUT2D eigenvalue weighted by Crippen LogP contribution is 2.20.